The van der Waals surface area contributed by atoms with Crippen LogP contribution in [0.5, 0.6) is 0 Å². The lowest BCUT2D eigenvalue weighted by atomic mass is 9.85. The number of unbranched alkanes of at least 4 members (excludes halogenated alkanes) is 1. The molecular weight excluding hydrogens is 218 g/mol. The second-order valence-electron chi connectivity index (χ2n) is 5.44. The van der Waals surface area contributed by atoms with Crippen LogP contribution in [0.25, 0.3) is 0 Å². The van der Waals surface area contributed by atoms with Gasteiger partial charge in [0.2, 0.25) is 0 Å². The first kappa shape index (κ1) is 15.2. The highest BCUT2D eigenvalue weighted by Gasteiger charge is 2.21. The lowest BCUT2D eigenvalue weighted by molar-refractivity contribution is 0.338. The minimum atomic E-state index is 0.502. The highest BCUT2D eigenvalue weighted by Crippen LogP contribution is 2.30. The molecule has 0 aliphatic heterocycles. The van der Waals surface area contributed by atoms with Gasteiger partial charge in [0.15, 0.2) is 0 Å². The maximum atomic E-state index is 3.54. The fourth-order valence-electron chi connectivity index (χ4n) is 2.89. The molecule has 1 aromatic carbocycles. The zero-order chi connectivity index (χ0) is 13.5. The molecule has 0 heterocycles. The molecule has 0 radical (unpaired) electrons. The third-order valence-corrected chi connectivity index (χ3v) is 4.00. The zero-order valence-corrected chi connectivity index (χ0v) is 12.7. The smallest absolute Gasteiger partial charge is 0.0348 e. The van der Waals surface area contributed by atoms with E-state index in [0.29, 0.717) is 6.04 Å². The molecule has 0 aliphatic rings. The lowest BCUT2D eigenvalue weighted by Gasteiger charge is -2.28. The van der Waals surface area contributed by atoms with Gasteiger partial charge in [-0.1, -0.05) is 56.9 Å². The predicted molar refractivity (Wildman–Crippen MR) is 81.0 cm³/mol. The first-order valence-electron chi connectivity index (χ1n) is 7.38. The molecule has 0 saturated heterocycles. The lowest BCUT2D eigenvalue weighted by Crippen LogP contribution is -2.25. The number of benzene rings is 1. The molecule has 2 atom stereocenters. The van der Waals surface area contributed by atoms with Gasteiger partial charge in [-0.15, -0.1) is 0 Å². The van der Waals surface area contributed by atoms with Crippen LogP contribution in [0.1, 0.15) is 62.3 Å². The summed E-state index contributed by atoms with van der Waals surface area (Å²) in [5.74, 6) is 0.747. The van der Waals surface area contributed by atoms with Gasteiger partial charge in [-0.25, -0.2) is 0 Å². The standard InChI is InChI=1S/C17H29N/c1-6-8-9-15(7-2)17(18-5)16-11-10-13(3)12-14(16)4/h10-12,15,17-18H,6-9H2,1-5H3. The van der Waals surface area contributed by atoms with Crippen molar-refractivity contribution in [3.8, 4) is 0 Å². The Balaban J connectivity index is 2.92. The molecule has 18 heavy (non-hydrogen) atoms. The van der Waals surface area contributed by atoms with Gasteiger partial charge >= 0.3 is 0 Å². The number of rotatable bonds is 7. The van der Waals surface area contributed by atoms with Crippen LogP contribution in [-0.2, 0) is 0 Å². The summed E-state index contributed by atoms with van der Waals surface area (Å²) < 4.78 is 0. The van der Waals surface area contributed by atoms with Gasteiger partial charge in [-0.05, 0) is 44.4 Å². The summed E-state index contributed by atoms with van der Waals surface area (Å²) in [7, 11) is 2.10. The molecule has 1 heteroatoms. The van der Waals surface area contributed by atoms with Crippen molar-refractivity contribution in [2.45, 2.75) is 59.4 Å². The minimum absolute atomic E-state index is 0.502. The van der Waals surface area contributed by atoms with Crippen LogP contribution >= 0.6 is 0 Å². The molecule has 1 aromatic rings. The quantitative estimate of drug-likeness (QED) is 0.731. The van der Waals surface area contributed by atoms with E-state index in [1.165, 1.54) is 42.4 Å². The molecule has 0 saturated carbocycles. The number of hydrogen-bond donors (Lipinski definition) is 1. The largest absolute Gasteiger partial charge is 0.313 e. The molecule has 0 bridgehead atoms. The van der Waals surface area contributed by atoms with E-state index in [-0.39, 0.29) is 0 Å². The fourth-order valence-corrected chi connectivity index (χ4v) is 2.89. The molecule has 0 aliphatic carbocycles. The summed E-state index contributed by atoms with van der Waals surface area (Å²) in [5.41, 5.74) is 4.25. The summed E-state index contributed by atoms with van der Waals surface area (Å²) in [6, 6.07) is 7.34. The van der Waals surface area contributed by atoms with Crippen LogP contribution in [0.2, 0.25) is 0 Å². The number of nitrogens with one attached hydrogen (secondary N) is 1. The van der Waals surface area contributed by atoms with Gasteiger partial charge < -0.3 is 5.32 Å². The van der Waals surface area contributed by atoms with Gasteiger partial charge in [0.05, 0.1) is 0 Å². The molecule has 2 unspecified atom stereocenters. The van der Waals surface area contributed by atoms with Gasteiger partial charge in [0.1, 0.15) is 0 Å². The molecule has 102 valence electrons. The van der Waals surface area contributed by atoms with E-state index in [4.69, 9.17) is 0 Å². The van der Waals surface area contributed by atoms with E-state index in [9.17, 15) is 0 Å². The molecule has 0 amide bonds. The van der Waals surface area contributed by atoms with Crippen LogP contribution in [0.3, 0.4) is 0 Å². The summed E-state index contributed by atoms with van der Waals surface area (Å²) in [4.78, 5) is 0. The Labute approximate surface area is 113 Å². The first-order valence-corrected chi connectivity index (χ1v) is 7.38. The Bertz CT molecular complexity index is 357. The maximum Gasteiger partial charge on any atom is 0.0348 e. The normalized spacial score (nSPS) is 14.5. The van der Waals surface area contributed by atoms with Gasteiger partial charge in [0, 0.05) is 6.04 Å². The van der Waals surface area contributed by atoms with E-state index in [1.807, 2.05) is 0 Å². The molecule has 1 nitrogen and oxygen atoms in total. The van der Waals surface area contributed by atoms with E-state index in [0.717, 1.165) is 5.92 Å². The second-order valence-corrected chi connectivity index (χ2v) is 5.44. The second kappa shape index (κ2) is 7.58. The molecule has 1 N–H and O–H groups in total. The predicted octanol–water partition coefficient (Wildman–Crippen LogP) is 4.78. The average molecular weight is 247 g/mol. The van der Waals surface area contributed by atoms with E-state index >= 15 is 0 Å². The van der Waals surface area contributed by atoms with Gasteiger partial charge in [-0.2, -0.15) is 0 Å². The Kier molecular flexibility index (Phi) is 6.42. The van der Waals surface area contributed by atoms with Crippen molar-refractivity contribution in [1.82, 2.24) is 5.32 Å². The Morgan fingerprint density at radius 2 is 1.89 bits per heavy atom. The fraction of sp³-hybridized carbons (Fsp3) is 0.647. The highest BCUT2D eigenvalue weighted by molar-refractivity contribution is 5.33. The van der Waals surface area contributed by atoms with Crippen molar-refractivity contribution in [2.75, 3.05) is 7.05 Å². The topological polar surface area (TPSA) is 12.0 Å². The minimum Gasteiger partial charge on any atom is -0.313 e. The Morgan fingerprint density at radius 1 is 1.17 bits per heavy atom. The molecular formula is C17H29N. The van der Waals surface area contributed by atoms with Crippen molar-refractivity contribution in [3.05, 3.63) is 34.9 Å². The number of hydrogen-bond acceptors (Lipinski definition) is 1. The molecule has 0 aromatic heterocycles. The van der Waals surface area contributed by atoms with Crippen molar-refractivity contribution >= 4 is 0 Å². The highest BCUT2D eigenvalue weighted by atomic mass is 14.9. The zero-order valence-electron chi connectivity index (χ0n) is 12.7. The Morgan fingerprint density at radius 3 is 2.39 bits per heavy atom. The SMILES string of the molecule is CCCCC(CC)C(NC)c1ccc(C)cc1C. The van der Waals surface area contributed by atoms with Crippen molar-refractivity contribution in [2.24, 2.45) is 5.92 Å². The number of aryl methyl sites for hydroxylation is 2. The van der Waals surface area contributed by atoms with E-state index in [1.54, 1.807) is 0 Å². The van der Waals surface area contributed by atoms with Gasteiger partial charge in [0.25, 0.3) is 0 Å². The summed E-state index contributed by atoms with van der Waals surface area (Å²) in [5, 5.41) is 3.54. The average Bonchev–Trinajstić information content (AvgIpc) is 2.36. The third kappa shape index (κ3) is 3.84. The maximum absolute atomic E-state index is 3.54. The van der Waals surface area contributed by atoms with Gasteiger partial charge in [-0.3, -0.25) is 0 Å². The summed E-state index contributed by atoms with van der Waals surface area (Å²) in [6.45, 7) is 8.99. The van der Waals surface area contributed by atoms with Crippen molar-refractivity contribution < 1.29 is 0 Å². The molecule has 0 spiro atoms. The third-order valence-electron chi connectivity index (χ3n) is 4.00. The van der Waals surface area contributed by atoms with E-state index in [2.05, 4.69) is 58.3 Å². The van der Waals surface area contributed by atoms with Crippen molar-refractivity contribution in [1.29, 1.82) is 0 Å². The molecule has 0 fully saturated rings. The summed E-state index contributed by atoms with van der Waals surface area (Å²) >= 11 is 0. The summed E-state index contributed by atoms with van der Waals surface area (Å²) in [6.07, 6.45) is 5.20. The van der Waals surface area contributed by atoms with Crippen LogP contribution in [0.4, 0.5) is 0 Å². The van der Waals surface area contributed by atoms with Crippen LogP contribution in [0, 0.1) is 19.8 Å². The van der Waals surface area contributed by atoms with Crippen LogP contribution < -0.4 is 5.32 Å². The van der Waals surface area contributed by atoms with Crippen molar-refractivity contribution in [3.63, 3.8) is 0 Å². The van der Waals surface area contributed by atoms with E-state index < -0.39 is 0 Å². The van der Waals surface area contributed by atoms with Crippen LogP contribution in [0.15, 0.2) is 18.2 Å². The van der Waals surface area contributed by atoms with Crippen LogP contribution in [-0.4, -0.2) is 7.05 Å². The molecule has 1 rings (SSSR count). The Hall–Kier alpha value is -0.820. The first-order chi connectivity index (χ1) is 8.63. The monoisotopic (exact) mass is 247 g/mol.